The maximum atomic E-state index is 12.3. The minimum atomic E-state index is -1.73. The van der Waals surface area contributed by atoms with Crippen LogP contribution in [-0.2, 0) is 21.6 Å². The van der Waals surface area contributed by atoms with E-state index < -0.39 is 23.0 Å². The Morgan fingerprint density at radius 2 is 2.05 bits per heavy atom. The molecule has 4 rings (SSSR count). The van der Waals surface area contributed by atoms with Crippen LogP contribution in [0, 0.1) is 11.8 Å². The van der Waals surface area contributed by atoms with E-state index >= 15 is 0 Å². The van der Waals surface area contributed by atoms with Gasteiger partial charge >= 0.3 is 0 Å². The Hall–Kier alpha value is -1.88. The quantitative estimate of drug-likeness (QED) is 0.644. The summed E-state index contributed by atoms with van der Waals surface area (Å²) >= 11 is 0. The zero-order valence-electron chi connectivity index (χ0n) is 11.4. The average Bonchev–Trinajstić information content (AvgIpc) is 2.74. The predicted molar refractivity (Wildman–Crippen MR) is 71.9 cm³/mol. The molecule has 3 N–H and O–H groups in total. The van der Waals surface area contributed by atoms with Crippen molar-refractivity contribution in [2.45, 2.75) is 31.4 Å². The number of carbonyl (C=O) groups excluding carboxylic acids is 2. The SMILES string of the molecule is CC1(C)NC(=O)[C@@H]2[C@H]1Cc1cccc3c1[C@]2(O)C(=O)N3. The molecule has 0 radical (unpaired) electrons. The molecule has 3 aliphatic rings. The predicted octanol–water partition coefficient (Wildman–Crippen LogP) is 0.523. The Kier molecular flexibility index (Phi) is 1.92. The number of aliphatic hydroxyl groups is 1. The van der Waals surface area contributed by atoms with E-state index in [1.54, 1.807) is 6.07 Å². The number of hydrogen-bond acceptors (Lipinski definition) is 3. The molecule has 1 saturated heterocycles. The summed E-state index contributed by atoms with van der Waals surface area (Å²) in [6.07, 6.45) is 0.691. The molecule has 1 aromatic rings. The summed E-state index contributed by atoms with van der Waals surface area (Å²) in [6.45, 7) is 3.89. The fourth-order valence-electron chi connectivity index (χ4n) is 4.13. The number of hydrogen-bond donors (Lipinski definition) is 3. The fraction of sp³-hybridized carbons (Fsp3) is 0.467. The van der Waals surface area contributed by atoms with Crippen molar-refractivity contribution < 1.29 is 14.7 Å². The monoisotopic (exact) mass is 272 g/mol. The lowest BCUT2D eigenvalue weighted by Crippen LogP contribution is -2.51. The molecule has 2 aliphatic heterocycles. The molecule has 0 saturated carbocycles. The van der Waals surface area contributed by atoms with Crippen LogP contribution in [0.5, 0.6) is 0 Å². The highest BCUT2D eigenvalue weighted by Gasteiger charge is 2.65. The van der Waals surface area contributed by atoms with Gasteiger partial charge in [-0.05, 0) is 31.9 Å². The second kappa shape index (κ2) is 3.23. The summed E-state index contributed by atoms with van der Waals surface area (Å²) in [5.41, 5.74) is 0.0278. The van der Waals surface area contributed by atoms with Gasteiger partial charge in [0.1, 0.15) is 0 Å². The van der Waals surface area contributed by atoms with Gasteiger partial charge in [0.15, 0.2) is 5.60 Å². The van der Waals surface area contributed by atoms with Crippen LogP contribution in [0.1, 0.15) is 25.0 Å². The number of anilines is 1. The first-order valence-electron chi connectivity index (χ1n) is 6.84. The van der Waals surface area contributed by atoms with E-state index in [0.29, 0.717) is 17.7 Å². The summed E-state index contributed by atoms with van der Waals surface area (Å²) in [7, 11) is 0. The van der Waals surface area contributed by atoms with E-state index in [1.165, 1.54) is 0 Å². The third-order valence-electron chi connectivity index (χ3n) is 5.07. The van der Waals surface area contributed by atoms with Crippen LogP contribution in [0.2, 0.25) is 0 Å². The van der Waals surface area contributed by atoms with Crippen LogP contribution < -0.4 is 10.6 Å². The Labute approximate surface area is 116 Å². The van der Waals surface area contributed by atoms with Crippen molar-refractivity contribution in [1.29, 1.82) is 0 Å². The third kappa shape index (κ3) is 1.13. The number of rotatable bonds is 0. The van der Waals surface area contributed by atoms with E-state index in [9.17, 15) is 14.7 Å². The maximum absolute atomic E-state index is 12.3. The minimum absolute atomic E-state index is 0.0911. The van der Waals surface area contributed by atoms with Crippen LogP contribution in [0.25, 0.3) is 0 Å². The van der Waals surface area contributed by atoms with E-state index in [2.05, 4.69) is 10.6 Å². The molecular formula is C15H16N2O3. The number of benzene rings is 1. The summed E-state index contributed by atoms with van der Waals surface area (Å²) < 4.78 is 0. The van der Waals surface area contributed by atoms with Crippen molar-refractivity contribution >= 4 is 17.5 Å². The smallest absolute Gasteiger partial charge is 0.261 e. The van der Waals surface area contributed by atoms with Crippen molar-refractivity contribution in [3.05, 3.63) is 29.3 Å². The lowest BCUT2D eigenvalue weighted by Gasteiger charge is -2.39. The highest BCUT2D eigenvalue weighted by atomic mass is 16.3. The van der Waals surface area contributed by atoms with Gasteiger partial charge in [-0.3, -0.25) is 9.59 Å². The zero-order valence-corrected chi connectivity index (χ0v) is 11.4. The van der Waals surface area contributed by atoms with Crippen LogP contribution in [0.3, 0.4) is 0 Å². The van der Waals surface area contributed by atoms with Gasteiger partial charge in [0, 0.05) is 22.7 Å². The Morgan fingerprint density at radius 3 is 2.80 bits per heavy atom. The topological polar surface area (TPSA) is 78.4 Å². The molecule has 2 amide bonds. The van der Waals surface area contributed by atoms with Gasteiger partial charge in [-0.15, -0.1) is 0 Å². The summed E-state index contributed by atoms with van der Waals surface area (Å²) in [5.74, 6) is -1.53. The molecule has 1 fully saturated rings. The second-order valence-electron chi connectivity index (χ2n) is 6.56. The zero-order chi connectivity index (χ0) is 14.3. The van der Waals surface area contributed by atoms with Crippen molar-refractivity contribution in [1.82, 2.24) is 5.32 Å². The molecule has 1 aromatic carbocycles. The van der Waals surface area contributed by atoms with Crippen molar-refractivity contribution in [3.63, 3.8) is 0 Å². The van der Waals surface area contributed by atoms with Gasteiger partial charge in [-0.25, -0.2) is 0 Å². The molecule has 0 spiro atoms. The van der Waals surface area contributed by atoms with E-state index in [-0.39, 0.29) is 11.8 Å². The Morgan fingerprint density at radius 1 is 1.30 bits per heavy atom. The highest BCUT2D eigenvalue weighted by molar-refractivity contribution is 6.09. The molecule has 5 nitrogen and oxygen atoms in total. The van der Waals surface area contributed by atoms with Crippen LogP contribution in [0.4, 0.5) is 5.69 Å². The molecule has 0 unspecified atom stereocenters. The van der Waals surface area contributed by atoms with Crippen LogP contribution in [-0.4, -0.2) is 22.5 Å². The van der Waals surface area contributed by atoms with Crippen LogP contribution in [0.15, 0.2) is 18.2 Å². The van der Waals surface area contributed by atoms with E-state index in [1.807, 2.05) is 26.0 Å². The maximum Gasteiger partial charge on any atom is 0.261 e. The standard InChI is InChI=1S/C15H16N2O3/c1-14(2)8-6-7-4-3-5-9-10(7)15(20,13(19)16-9)11(8)12(18)17-14/h3-5,8,11,20H,6H2,1-2H3,(H,16,19)(H,17,18)/t8-,11+,15-/m1/s1. The lowest BCUT2D eigenvalue weighted by molar-refractivity contribution is -0.150. The number of fused-ring (bicyclic) bond motifs is 2. The average molecular weight is 272 g/mol. The Bertz CT molecular complexity index is 667. The molecule has 2 heterocycles. The highest BCUT2D eigenvalue weighted by Crippen LogP contribution is 2.54. The first-order valence-corrected chi connectivity index (χ1v) is 6.84. The molecule has 104 valence electrons. The van der Waals surface area contributed by atoms with Gasteiger partial charge in [-0.1, -0.05) is 12.1 Å². The van der Waals surface area contributed by atoms with Crippen molar-refractivity contribution in [2.24, 2.45) is 11.8 Å². The molecule has 20 heavy (non-hydrogen) atoms. The second-order valence-corrected chi connectivity index (χ2v) is 6.56. The van der Waals surface area contributed by atoms with Gasteiger partial charge < -0.3 is 15.7 Å². The van der Waals surface area contributed by atoms with Gasteiger partial charge in [0.2, 0.25) is 5.91 Å². The fourth-order valence-corrected chi connectivity index (χ4v) is 4.13. The van der Waals surface area contributed by atoms with Gasteiger partial charge in [0.05, 0.1) is 5.92 Å². The van der Waals surface area contributed by atoms with E-state index in [0.717, 1.165) is 5.56 Å². The first-order chi connectivity index (χ1) is 9.35. The Balaban J connectivity index is 2.01. The number of amides is 2. The normalized spacial score (nSPS) is 36.1. The first kappa shape index (κ1) is 11.9. The molecule has 0 aromatic heterocycles. The third-order valence-corrected chi connectivity index (χ3v) is 5.07. The lowest BCUT2D eigenvalue weighted by atomic mass is 9.63. The summed E-state index contributed by atoms with van der Waals surface area (Å²) in [6, 6.07) is 5.57. The number of nitrogens with one attached hydrogen (secondary N) is 2. The van der Waals surface area contributed by atoms with Gasteiger partial charge in [-0.2, -0.15) is 0 Å². The largest absolute Gasteiger partial charge is 0.375 e. The van der Waals surface area contributed by atoms with Crippen molar-refractivity contribution in [2.75, 3.05) is 5.32 Å². The molecule has 3 atom stereocenters. The van der Waals surface area contributed by atoms with E-state index in [4.69, 9.17) is 0 Å². The summed E-state index contributed by atoms with van der Waals surface area (Å²) in [4.78, 5) is 24.7. The summed E-state index contributed by atoms with van der Waals surface area (Å²) in [5, 5.41) is 16.7. The minimum Gasteiger partial charge on any atom is -0.375 e. The van der Waals surface area contributed by atoms with Crippen LogP contribution >= 0.6 is 0 Å². The van der Waals surface area contributed by atoms with Crippen molar-refractivity contribution in [3.8, 4) is 0 Å². The van der Waals surface area contributed by atoms with Gasteiger partial charge in [0.25, 0.3) is 5.91 Å². The molecule has 0 bridgehead atoms. The molecule has 5 heteroatoms. The number of carbonyl (C=O) groups is 2. The molecular weight excluding hydrogens is 256 g/mol. The molecule has 1 aliphatic carbocycles.